The molecule has 0 aliphatic carbocycles. The van der Waals surface area contributed by atoms with E-state index in [-0.39, 0.29) is 18.9 Å². The average Bonchev–Trinajstić information content (AvgIpc) is 2.58. The molecule has 2 aromatic carbocycles. The molecule has 0 fully saturated rings. The summed E-state index contributed by atoms with van der Waals surface area (Å²) >= 11 is 12.0. The summed E-state index contributed by atoms with van der Waals surface area (Å²) in [6, 6.07) is 10.8. The van der Waals surface area contributed by atoms with Gasteiger partial charge in [-0.2, -0.15) is 0 Å². The number of hydrogen-bond donors (Lipinski definition) is 1. The molecule has 0 aliphatic rings. The molecule has 0 aliphatic heterocycles. The first-order valence-corrected chi connectivity index (χ1v) is 8.64. The number of aryl methyl sites for hydroxylation is 2. The van der Waals surface area contributed by atoms with Crippen molar-refractivity contribution in [1.29, 1.82) is 0 Å². The molecule has 0 bridgehead atoms. The minimum absolute atomic E-state index is 0.0869. The number of carbonyl (C=O) groups excluding carboxylic acids is 2. The van der Waals surface area contributed by atoms with Crippen molar-refractivity contribution in [3.05, 3.63) is 63.1 Å². The third-order valence-electron chi connectivity index (χ3n) is 3.75. The highest BCUT2D eigenvalue weighted by Gasteiger charge is 2.14. The summed E-state index contributed by atoms with van der Waals surface area (Å²) < 4.78 is 5.04. The first kappa shape index (κ1) is 19.3. The van der Waals surface area contributed by atoms with Crippen LogP contribution in [0.2, 0.25) is 10.0 Å². The number of esters is 1. The van der Waals surface area contributed by atoms with Gasteiger partial charge in [-0.15, -0.1) is 0 Å². The fourth-order valence-electron chi connectivity index (χ4n) is 2.42. The highest BCUT2D eigenvalue weighted by molar-refractivity contribution is 6.36. The molecule has 0 aromatic heterocycles. The van der Waals surface area contributed by atoms with Gasteiger partial charge in [-0.1, -0.05) is 54.4 Å². The van der Waals surface area contributed by atoms with Gasteiger partial charge in [0.2, 0.25) is 0 Å². The number of carbonyl (C=O) groups is 2. The molecule has 132 valence electrons. The molecule has 1 N–H and O–H groups in total. The molecular weight excluding hydrogens is 361 g/mol. The molecule has 0 heterocycles. The molecule has 0 atom stereocenters. The van der Waals surface area contributed by atoms with E-state index in [4.69, 9.17) is 27.9 Å². The second kappa shape index (κ2) is 8.88. The minimum atomic E-state index is -0.564. The van der Waals surface area contributed by atoms with Crippen LogP contribution in [0.25, 0.3) is 0 Å². The fourth-order valence-corrected chi connectivity index (χ4v) is 2.95. The number of anilines is 1. The summed E-state index contributed by atoms with van der Waals surface area (Å²) in [4.78, 5) is 24.0. The van der Waals surface area contributed by atoms with Crippen LogP contribution < -0.4 is 5.32 Å². The number of nitrogens with one attached hydrogen (secondary N) is 1. The van der Waals surface area contributed by atoms with Gasteiger partial charge in [-0.3, -0.25) is 9.59 Å². The monoisotopic (exact) mass is 379 g/mol. The van der Waals surface area contributed by atoms with E-state index in [1.165, 1.54) is 0 Å². The van der Waals surface area contributed by atoms with Gasteiger partial charge in [0, 0.05) is 21.3 Å². The Morgan fingerprint density at radius 2 is 1.72 bits per heavy atom. The maximum atomic E-state index is 12.1. The summed E-state index contributed by atoms with van der Waals surface area (Å²) in [6.07, 6.45) is 0.707. The topological polar surface area (TPSA) is 55.4 Å². The maximum Gasteiger partial charge on any atom is 0.310 e. The second-order valence-corrected chi connectivity index (χ2v) is 6.36. The van der Waals surface area contributed by atoms with Crippen LogP contribution in [0.1, 0.15) is 23.6 Å². The van der Waals surface area contributed by atoms with Crippen LogP contribution in [0.15, 0.2) is 36.4 Å². The summed E-state index contributed by atoms with van der Waals surface area (Å²) in [7, 11) is 0. The van der Waals surface area contributed by atoms with Crippen molar-refractivity contribution in [2.45, 2.75) is 26.7 Å². The SMILES string of the molecule is CCc1cccc(C)c1NC(=O)COC(=O)Cc1c(Cl)cccc1Cl. The van der Waals surface area contributed by atoms with Crippen molar-refractivity contribution in [2.24, 2.45) is 0 Å². The molecule has 2 aromatic rings. The van der Waals surface area contributed by atoms with Crippen molar-refractivity contribution in [3.63, 3.8) is 0 Å². The van der Waals surface area contributed by atoms with Gasteiger partial charge in [0.05, 0.1) is 6.42 Å². The number of rotatable bonds is 6. The number of halogens is 2. The maximum absolute atomic E-state index is 12.1. The van der Waals surface area contributed by atoms with E-state index in [1.807, 2.05) is 32.0 Å². The van der Waals surface area contributed by atoms with Crippen molar-refractivity contribution in [2.75, 3.05) is 11.9 Å². The molecule has 4 nitrogen and oxygen atoms in total. The normalized spacial score (nSPS) is 10.4. The van der Waals surface area contributed by atoms with E-state index in [1.54, 1.807) is 18.2 Å². The third kappa shape index (κ3) is 5.21. The standard InChI is InChI=1S/C19H19Cl2NO3/c1-3-13-7-4-6-12(2)19(13)22-17(23)11-25-18(24)10-14-15(20)8-5-9-16(14)21/h4-9H,3,10-11H2,1-2H3,(H,22,23). The Hall–Kier alpha value is -2.04. The van der Waals surface area contributed by atoms with Crippen LogP contribution >= 0.6 is 23.2 Å². The Balaban J connectivity index is 1.93. The molecule has 0 saturated carbocycles. The lowest BCUT2D eigenvalue weighted by molar-refractivity contribution is -0.146. The van der Waals surface area contributed by atoms with E-state index in [2.05, 4.69) is 5.32 Å². The van der Waals surface area contributed by atoms with E-state index in [0.717, 1.165) is 23.2 Å². The summed E-state index contributed by atoms with van der Waals surface area (Å²) in [5.41, 5.74) is 3.24. The van der Waals surface area contributed by atoms with Gasteiger partial charge in [0.1, 0.15) is 0 Å². The van der Waals surface area contributed by atoms with Crippen LogP contribution in [-0.2, 0) is 27.2 Å². The molecular formula is C19H19Cl2NO3. The Labute approximate surface area is 157 Å². The van der Waals surface area contributed by atoms with Crippen LogP contribution in [0.5, 0.6) is 0 Å². The molecule has 0 unspecified atom stereocenters. The lowest BCUT2D eigenvalue weighted by Crippen LogP contribution is -2.22. The Kier molecular flexibility index (Phi) is 6.85. The lowest BCUT2D eigenvalue weighted by Gasteiger charge is -2.13. The molecule has 2 rings (SSSR count). The van der Waals surface area contributed by atoms with Gasteiger partial charge >= 0.3 is 5.97 Å². The Bertz CT molecular complexity index is 770. The zero-order valence-corrected chi connectivity index (χ0v) is 15.6. The van der Waals surface area contributed by atoms with E-state index < -0.39 is 5.97 Å². The van der Waals surface area contributed by atoms with Crippen LogP contribution in [0, 0.1) is 6.92 Å². The highest BCUT2D eigenvalue weighted by atomic mass is 35.5. The van der Waals surface area contributed by atoms with E-state index in [9.17, 15) is 9.59 Å². The number of hydrogen-bond acceptors (Lipinski definition) is 3. The Morgan fingerprint density at radius 3 is 2.36 bits per heavy atom. The third-order valence-corrected chi connectivity index (χ3v) is 4.46. The summed E-state index contributed by atoms with van der Waals surface area (Å²) in [6.45, 7) is 3.57. The fraction of sp³-hybridized carbons (Fsp3) is 0.263. The zero-order valence-electron chi connectivity index (χ0n) is 14.1. The molecule has 25 heavy (non-hydrogen) atoms. The zero-order chi connectivity index (χ0) is 18.4. The quantitative estimate of drug-likeness (QED) is 0.746. The molecule has 1 amide bonds. The smallest absolute Gasteiger partial charge is 0.310 e. The number of para-hydroxylation sites is 1. The second-order valence-electron chi connectivity index (χ2n) is 5.55. The van der Waals surface area contributed by atoms with Crippen LogP contribution in [0.3, 0.4) is 0 Å². The van der Waals surface area contributed by atoms with Crippen molar-refractivity contribution >= 4 is 40.8 Å². The number of benzene rings is 2. The largest absolute Gasteiger partial charge is 0.455 e. The van der Waals surface area contributed by atoms with Gasteiger partial charge < -0.3 is 10.1 Å². The van der Waals surface area contributed by atoms with Gasteiger partial charge in [-0.05, 0) is 36.6 Å². The molecule has 6 heteroatoms. The highest BCUT2D eigenvalue weighted by Crippen LogP contribution is 2.25. The molecule has 0 radical (unpaired) electrons. The van der Waals surface area contributed by atoms with Crippen molar-refractivity contribution in [1.82, 2.24) is 0 Å². The first-order chi connectivity index (χ1) is 11.9. The van der Waals surface area contributed by atoms with E-state index in [0.29, 0.717) is 15.6 Å². The molecule has 0 saturated heterocycles. The lowest BCUT2D eigenvalue weighted by atomic mass is 10.1. The minimum Gasteiger partial charge on any atom is -0.455 e. The van der Waals surface area contributed by atoms with Gasteiger partial charge in [-0.25, -0.2) is 0 Å². The number of amides is 1. The first-order valence-electron chi connectivity index (χ1n) is 7.89. The van der Waals surface area contributed by atoms with Crippen LogP contribution in [0.4, 0.5) is 5.69 Å². The average molecular weight is 380 g/mol. The van der Waals surface area contributed by atoms with Crippen molar-refractivity contribution in [3.8, 4) is 0 Å². The summed E-state index contributed by atoms with van der Waals surface area (Å²) in [5, 5.41) is 3.58. The van der Waals surface area contributed by atoms with Gasteiger partial charge in [0.25, 0.3) is 5.91 Å². The van der Waals surface area contributed by atoms with Crippen molar-refractivity contribution < 1.29 is 14.3 Å². The van der Waals surface area contributed by atoms with E-state index >= 15 is 0 Å². The summed E-state index contributed by atoms with van der Waals surface area (Å²) in [5.74, 6) is -0.951. The van der Waals surface area contributed by atoms with Gasteiger partial charge in [0.15, 0.2) is 6.61 Å². The predicted octanol–water partition coefficient (Wildman–Crippen LogP) is 4.59. The Morgan fingerprint density at radius 1 is 1.08 bits per heavy atom. The predicted molar refractivity (Wildman–Crippen MR) is 100 cm³/mol. The number of ether oxygens (including phenoxy) is 1. The van der Waals surface area contributed by atoms with Crippen LogP contribution in [-0.4, -0.2) is 18.5 Å². The molecule has 0 spiro atoms.